The van der Waals surface area contributed by atoms with Crippen LogP contribution in [0.4, 0.5) is 10.8 Å². The smallest absolute Gasteiger partial charge is 0.255 e. The molecule has 36 heavy (non-hydrogen) atoms. The van der Waals surface area contributed by atoms with Gasteiger partial charge < -0.3 is 15.4 Å². The van der Waals surface area contributed by atoms with Crippen molar-refractivity contribution in [3.8, 4) is 5.75 Å². The van der Waals surface area contributed by atoms with E-state index < -0.39 is 0 Å². The van der Waals surface area contributed by atoms with Crippen molar-refractivity contribution in [1.82, 2.24) is 4.98 Å². The van der Waals surface area contributed by atoms with Crippen molar-refractivity contribution in [3.05, 3.63) is 90.5 Å². The molecule has 6 nitrogen and oxygen atoms in total. The lowest BCUT2D eigenvalue weighted by molar-refractivity contribution is -0.113. The van der Waals surface area contributed by atoms with Gasteiger partial charge in [0.1, 0.15) is 5.75 Å². The molecule has 0 saturated carbocycles. The maximum atomic E-state index is 12.8. The first kappa shape index (κ1) is 23.8. The van der Waals surface area contributed by atoms with Crippen LogP contribution in [0.2, 0.25) is 0 Å². The first-order valence-electron chi connectivity index (χ1n) is 11.4. The number of benzene rings is 4. The highest BCUT2D eigenvalue weighted by molar-refractivity contribution is 8.00. The first-order chi connectivity index (χ1) is 17.6. The van der Waals surface area contributed by atoms with E-state index in [4.69, 9.17) is 4.74 Å². The maximum Gasteiger partial charge on any atom is 0.255 e. The summed E-state index contributed by atoms with van der Waals surface area (Å²) in [4.78, 5) is 30.7. The van der Waals surface area contributed by atoms with Crippen LogP contribution in [-0.2, 0) is 4.79 Å². The van der Waals surface area contributed by atoms with Crippen LogP contribution in [0, 0.1) is 0 Å². The Morgan fingerprint density at radius 3 is 2.64 bits per heavy atom. The average Bonchev–Trinajstić information content (AvgIpc) is 3.29. The summed E-state index contributed by atoms with van der Waals surface area (Å²) in [6.45, 7) is 2.54. The van der Waals surface area contributed by atoms with E-state index in [1.165, 1.54) is 23.1 Å². The predicted octanol–water partition coefficient (Wildman–Crippen LogP) is 6.83. The van der Waals surface area contributed by atoms with E-state index in [0.717, 1.165) is 31.6 Å². The fraction of sp³-hybridized carbons (Fsp3) is 0.107. The Morgan fingerprint density at radius 2 is 1.78 bits per heavy atom. The monoisotopic (exact) mass is 513 g/mol. The van der Waals surface area contributed by atoms with Gasteiger partial charge in [0.25, 0.3) is 5.91 Å². The van der Waals surface area contributed by atoms with Gasteiger partial charge in [-0.25, -0.2) is 4.98 Å². The lowest BCUT2D eigenvalue weighted by atomic mass is 10.1. The molecule has 5 aromatic rings. The number of nitrogens with zero attached hydrogens (tertiary/aromatic N) is 1. The number of fused-ring (bicyclic) bond motifs is 2. The molecule has 4 aromatic carbocycles. The highest BCUT2D eigenvalue weighted by Crippen LogP contribution is 2.30. The van der Waals surface area contributed by atoms with Gasteiger partial charge in [-0.3, -0.25) is 9.59 Å². The number of nitrogens with one attached hydrogen (secondary N) is 2. The van der Waals surface area contributed by atoms with Gasteiger partial charge in [0.2, 0.25) is 5.91 Å². The summed E-state index contributed by atoms with van der Waals surface area (Å²) in [7, 11) is 0. The van der Waals surface area contributed by atoms with Crippen molar-refractivity contribution >= 4 is 66.7 Å². The van der Waals surface area contributed by atoms with Gasteiger partial charge in [0, 0.05) is 16.1 Å². The van der Waals surface area contributed by atoms with Gasteiger partial charge in [-0.2, -0.15) is 0 Å². The van der Waals surface area contributed by atoms with E-state index >= 15 is 0 Å². The third-order valence-electron chi connectivity index (χ3n) is 5.39. The Labute approximate surface area is 216 Å². The molecule has 0 bridgehead atoms. The number of aromatic nitrogens is 1. The number of carbonyl (C=O) groups excluding carboxylic acids is 2. The molecule has 0 saturated heterocycles. The van der Waals surface area contributed by atoms with Crippen LogP contribution < -0.4 is 15.4 Å². The Morgan fingerprint density at radius 1 is 0.917 bits per heavy atom. The van der Waals surface area contributed by atoms with E-state index in [-0.39, 0.29) is 17.6 Å². The zero-order chi connectivity index (χ0) is 24.9. The molecule has 0 unspecified atom stereocenters. The minimum atomic E-state index is -0.177. The topological polar surface area (TPSA) is 80.3 Å². The molecule has 0 atom stereocenters. The highest BCUT2D eigenvalue weighted by atomic mass is 32.2. The summed E-state index contributed by atoms with van der Waals surface area (Å²) in [5.74, 6) is 0.690. The zero-order valence-corrected chi connectivity index (χ0v) is 21.1. The van der Waals surface area contributed by atoms with E-state index in [1.807, 2.05) is 91.9 Å². The number of rotatable bonds is 8. The number of thiazole rings is 1. The van der Waals surface area contributed by atoms with Crippen molar-refractivity contribution in [2.45, 2.75) is 11.8 Å². The lowest BCUT2D eigenvalue weighted by Crippen LogP contribution is -2.14. The minimum Gasteiger partial charge on any atom is -0.494 e. The van der Waals surface area contributed by atoms with Crippen molar-refractivity contribution < 1.29 is 14.3 Å². The van der Waals surface area contributed by atoms with E-state index in [1.54, 1.807) is 0 Å². The Bertz CT molecular complexity index is 1560. The van der Waals surface area contributed by atoms with Gasteiger partial charge in [-0.1, -0.05) is 47.7 Å². The van der Waals surface area contributed by atoms with Gasteiger partial charge in [0.15, 0.2) is 5.13 Å². The van der Waals surface area contributed by atoms with E-state index in [9.17, 15) is 9.59 Å². The second kappa shape index (κ2) is 10.8. The fourth-order valence-corrected chi connectivity index (χ4v) is 5.38. The number of amides is 2. The molecule has 0 aliphatic rings. The summed E-state index contributed by atoms with van der Waals surface area (Å²) < 4.78 is 6.49. The van der Waals surface area contributed by atoms with Crippen LogP contribution in [0.15, 0.2) is 89.8 Å². The number of carbonyl (C=O) groups is 2. The molecule has 0 fully saturated rings. The Balaban J connectivity index is 1.18. The third-order valence-corrected chi connectivity index (χ3v) is 7.32. The largest absolute Gasteiger partial charge is 0.494 e. The molecule has 8 heteroatoms. The predicted molar refractivity (Wildman–Crippen MR) is 148 cm³/mol. The summed E-state index contributed by atoms with van der Waals surface area (Å²) in [6.07, 6.45) is 0. The number of ether oxygens (including phenoxy) is 1. The normalized spacial score (nSPS) is 10.9. The van der Waals surface area contributed by atoms with Crippen molar-refractivity contribution in [2.75, 3.05) is 23.0 Å². The average molecular weight is 514 g/mol. The molecule has 0 spiro atoms. The second-order valence-electron chi connectivity index (χ2n) is 7.96. The van der Waals surface area contributed by atoms with Gasteiger partial charge in [0.05, 0.1) is 22.6 Å². The van der Waals surface area contributed by atoms with Crippen LogP contribution >= 0.6 is 23.1 Å². The molecular weight excluding hydrogens is 490 g/mol. The molecule has 2 N–H and O–H groups in total. The fourth-order valence-electron chi connectivity index (χ4n) is 3.72. The molecule has 1 heterocycles. The molecule has 0 radical (unpaired) electrons. The second-order valence-corrected chi connectivity index (χ2v) is 10.0. The molecule has 180 valence electrons. The Kier molecular flexibility index (Phi) is 7.16. The van der Waals surface area contributed by atoms with Gasteiger partial charge >= 0.3 is 0 Å². The summed E-state index contributed by atoms with van der Waals surface area (Å²) in [6, 6.07) is 26.7. The third kappa shape index (κ3) is 5.67. The van der Waals surface area contributed by atoms with Crippen molar-refractivity contribution in [2.24, 2.45) is 0 Å². The zero-order valence-electron chi connectivity index (χ0n) is 19.5. The molecule has 1 aromatic heterocycles. The van der Waals surface area contributed by atoms with Crippen LogP contribution in [0.3, 0.4) is 0 Å². The summed E-state index contributed by atoms with van der Waals surface area (Å²) >= 11 is 2.81. The Hall–Kier alpha value is -3.88. The van der Waals surface area contributed by atoms with Crippen LogP contribution in [0.25, 0.3) is 21.0 Å². The van der Waals surface area contributed by atoms with Gasteiger partial charge in [-0.05, 0) is 66.2 Å². The number of hydrogen-bond donors (Lipinski definition) is 2. The minimum absolute atomic E-state index is 0.144. The molecule has 5 rings (SSSR count). The van der Waals surface area contributed by atoms with Crippen LogP contribution in [-0.4, -0.2) is 29.2 Å². The van der Waals surface area contributed by atoms with Crippen molar-refractivity contribution in [1.29, 1.82) is 0 Å². The first-order valence-corrected chi connectivity index (χ1v) is 13.2. The van der Waals surface area contributed by atoms with E-state index in [0.29, 0.717) is 23.0 Å². The summed E-state index contributed by atoms with van der Waals surface area (Å²) in [5.41, 5.74) is 2.09. The quantitative estimate of drug-likeness (QED) is 0.222. The van der Waals surface area contributed by atoms with E-state index in [2.05, 4.69) is 15.6 Å². The number of hydrogen-bond acceptors (Lipinski definition) is 6. The lowest BCUT2D eigenvalue weighted by Gasteiger charge is -2.08. The molecule has 0 aliphatic heterocycles. The number of anilines is 2. The molecular formula is C28H23N3O3S2. The number of thioether (sulfide) groups is 1. The van der Waals surface area contributed by atoms with Gasteiger partial charge in [-0.15, -0.1) is 11.8 Å². The highest BCUT2D eigenvalue weighted by Gasteiger charge is 2.11. The SMILES string of the molecule is CCOc1ccc2nc(NC(=O)CSc3cccc(NC(=O)c4ccc5ccccc5c4)c3)sc2c1. The van der Waals surface area contributed by atoms with Crippen LogP contribution in [0.5, 0.6) is 5.75 Å². The molecule has 0 aliphatic carbocycles. The molecule has 2 amide bonds. The maximum absolute atomic E-state index is 12.8. The summed E-state index contributed by atoms with van der Waals surface area (Å²) in [5, 5.41) is 8.48. The van der Waals surface area contributed by atoms with Crippen LogP contribution in [0.1, 0.15) is 17.3 Å². The standard InChI is InChI=1S/C28H23N3O3S2/c1-2-34-22-12-13-24-25(16-22)36-28(30-24)31-26(32)17-35-23-9-5-8-21(15-23)29-27(33)20-11-10-18-6-3-4-7-19(18)14-20/h3-16H,2,17H2,1H3,(H,29,33)(H,30,31,32). The van der Waals surface area contributed by atoms with Crippen molar-refractivity contribution in [3.63, 3.8) is 0 Å².